The molecule has 0 spiro atoms. The van der Waals surface area contributed by atoms with Crippen LogP contribution in [0.4, 0.5) is 0 Å². The Labute approximate surface area is 151 Å². The van der Waals surface area contributed by atoms with Gasteiger partial charge in [0.2, 0.25) is 0 Å². The van der Waals surface area contributed by atoms with Crippen molar-refractivity contribution in [2.45, 2.75) is 6.54 Å². The fourth-order valence-electron chi connectivity index (χ4n) is 2.34. The van der Waals surface area contributed by atoms with Crippen LogP contribution in [0.25, 0.3) is 11.0 Å². The Kier molecular flexibility index (Phi) is 5.43. The summed E-state index contributed by atoms with van der Waals surface area (Å²) >= 11 is 0. The molecular formula is C16H14N2NaO2P. The predicted molar refractivity (Wildman–Crippen MR) is 83.2 cm³/mol. The number of aromatic nitrogens is 2. The maximum atomic E-state index is 12.8. The number of fused-ring (bicyclic) bond motifs is 1. The van der Waals surface area contributed by atoms with Crippen molar-refractivity contribution in [3.63, 3.8) is 0 Å². The largest absolute Gasteiger partial charge is 1.00 e. The van der Waals surface area contributed by atoms with E-state index >= 15 is 0 Å². The molecule has 4 nitrogen and oxygen atoms in total. The van der Waals surface area contributed by atoms with Crippen LogP contribution >= 0.6 is 7.37 Å². The van der Waals surface area contributed by atoms with Crippen molar-refractivity contribution in [3.05, 3.63) is 67.3 Å². The molecule has 0 aliphatic rings. The fraction of sp³-hybridized carbons (Fsp3) is 0.0625. The molecule has 6 heteroatoms. The van der Waals surface area contributed by atoms with Crippen LogP contribution in [-0.4, -0.2) is 9.55 Å². The number of rotatable bonds is 4. The van der Waals surface area contributed by atoms with Crippen LogP contribution in [0.5, 0.6) is 0 Å². The maximum Gasteiger partial charge on any atom is 1.00 e. The molecule has 0 fully saturated rings. The van der Waals surface area contributed by atoms with Crippen LogP contribution in [0.3, 0.4) is 0 Å². The number of imidazole rings is 1. The van der Waals surface area contributed by atoms with Gasteiger partial charge in [0, 0.05) is 11.8 Å². The summed E-state index contributed by atoms with van der Waals surface area (Å²) in [5, 5.41) is 0.269. The summed E-state index contributed by atoms with van der Waals surface area (Å²) in [6, 6.07) is 15.8. The van der Waals surface area contributed by atoms with E-state index < -0.39 is 7.37 Å². The second-order valence-corrected chi connectivity index (χ2v) is 6.71. The molecule has 1 atom stereocenters. The van der Waals surface area contributed by atoms with E-state index in [2.05, 4.69) is 11.6 Å². The molecule has 0 radical (unpaired) electrons. The van der Waals surface area contributed by atoms with Gasteiger partial charge in [-0.05, 0) is 12.1 Å². The first-order valence-electron chi connectivity index (χ1n) is 6.58. The van der Waals surface area contributed by atoms with E-state index in [0.717, 1.165) is 5.52 Å². The molecule has 1 unspecified atom stereocenters. The van der Waals surface area contributed by atoms with Gasteiger partial charge in [-0.15, -0.1) is 6.58 Å². The van der Waals surface area contributed by atoms with Crippen molar-refractivity contribution in [2.75, 3.05) is 0 Å². The molecule has 1 heterocycles. The quantitative estimate of drug-likeness (QED) is 0.345. The standard InChI is InChI=1S/C16H15N2O2P.Na/c1-2-12-18-15-11-7-6-10-14(15)17-16(18)21(19,20)13-8-4-3-5-9-13;/h2-11H,1,12H2,(H,19,20);/q;+1/p-1. The van der Waals surface area contributed by atoms with Crippen LogP contribution in [-0.2, 0) is 11.1 Å². The van der Waals surface area contributed by atoms with E-state index in [-0.39, 0.29) is 40.4 Å². The van der Waals surface area contributed by atoms with Crippen molar-refractivity contribution < 1.29 is 39.0 Å². The van der Waals surface area contributed by atoms with Crippen LogP contribution < -0.4 is 45.3 Å². The first kappa shape index (κ1) is 17.2. The molecule has 0 saturated carbocycles. The fourth-order valence-corrected chi connectivity index (χ4v) is 3.88. The molecule has 3 aromatic rings. The van der Waals surface area contributed by atoms with E-state index in [9.17, 15) is 9.46 Å². The zero-order chi connectivity index (χ0) is 14.9. The Morgan fingerprint density at radius 1 is 1.14 bits per heavy atom. The van der Waals surface area contributed by atoms with Crippen molar-refractivity contribution in [3.8, 4) is 0 Å². The molecule has 0 bridgehead atoms. The third-order valence-electron chi connectivity index (χ3n) is 3.31. The van der Waals surface area contributed by atoms with Crippen molar-refractivity contribution in [2.24, 2.45) is 0 Å². The normalized spacial score (nSPS) is 13.3. The van der Waals surface area contributed by atoms with Gasteiger partial charge in [0.25, 0.3) is 0 Å². The summed E-state index contributed by atoms with van der Waals surface area (Å²) in [7, 11) is -3.98. The average molecular weight is 320 g/mol. The number of nitrogens with zero attached hydrogens (tertiary/aromatic N) is 2. The smallest absolute Gasteiger partial charge is 0.790 e. The van der Waals surface area contributed by atoms with Crippen LogP contribution in [0.15, 0.2) is 67.3 Å². The Balaban J connectivity index is 0.00000176. The van der Waals surface area contributed by atoms with Crippen molar-refractivity contribution >= 4 is 29.3 Å². The van der Waals surface area contributed by atoms with Gasteiger partial charge < -0.3 is 14.0 Å². The van der Waals surface area contributed by atoms with Crippen LogP contribution in [0.1, 0.15) is 0 Å². The minimum atomic E-state index is -3.98. The molecule has 1 aromatic heterocycles. The molecule has 106 valence electrons. The number of hydrogen-bond donors (Lipinski definition) is 0. The Bertz CT molecular complexity index is 846. The number of para-hydroxylation sites is 2. The van der Waals surface area contributed by atoms with Gasteiger partial charge in [0.1, 0.15) is 7.37 Å². The zero-order valence-corrected chi connectivity index (χ0v) is 15.2. The molecule has 0 aliphatic heterocycles. The van der Waals surface area contributed by atoms with Gasteiger partial charge in [-0.2, -0.15) is 0 Å². The summed E-state index contributed by atoms with van der Waals surface area (Å²) in [6.07, 6.45) is 1.67. The first-order valence-corrected chi connectivity index (χ1v) is 8.20. The second kappa shape index (κ2) is 6.95. The van der Waals surface area contributed by atoms with Gasteiger partial charge in [-0.1, -0.05) is 48.5 Å². The zero-order valence-electron chi connectivity index (χ0n) is 12.3. The van der Waals surface area contributed by atoms with Crippen LogP contribution in [0, 0.1) is 0 Å². The molecule has 3 rings (SSSR count). The Hall–Kier alpha value is -1.16. The first-order chi connectivity index (χ1) is 10.1. The summed E-state index contributed by atoms with van der Waals surface area (Å²) in [5.74, 6) is 0. The summed E-state index contributed by atoms with van der Waals surface area (Å²) < 4.78 is 14.5. The Morgan fingerprint density at radius 3 is 2.45 bits per heavy atom. The van der Waals surface area contributed by atoms with Gasteiger partial charge in [0.05, 0.1) is 11.0 Å². The van der Waals surface area contributed by atoms with E-state index in [1.54, 1.807) is 41.0 Å². The average Bonchev–Trinajstić information content (AvgIpc) is 2.88. The van der Waals surface area contributed by atoms with Gasteiger partial charge in [-0.25, -0.2) is 4.98 Å². The van der Waals surface area contributed by atoms with Crippen LogP contribution in [0.2, 0.25) is 0 Å². The summed E-state index contributed by atoms with van der Waals surface area (Å²) in [6.45, 7) is 4.10. The summed E-state index contributed by atoms with van der Waals surface area (Å²) in [5.41, 5.74) is 1.54. The van der Waals surface area contributed by atoms with E-state index in [0.29, 0.717) is 12.1 Å². The number of hydrogen-bond acceptors (Lipinski definition) is 3. The predicted octanol–water partition coefficient (Wildman–Crippen LogP) is -1.18. The van der Waals surface area contributed by atoms with Crippen molar-refractivity contribution in [1.29, 1.82) is 0 Å². The number of benzene rings is 2. The number of allylic oxidation sites excluding steroid dienone is 1. The molecule has 0 saturated heterocycles. The van der Waals surface area contributed by atoms with Crippen molar-refractivity contribution in [1.82, 2.24) is 9.55 Å². The van der Waals surface area contributed by atoms with E-state index in [1.807, 2.05) is 24.3 Å². The van der Waals surface area contributed by atoms with E-state index in [1.165, 1.54) is 0 Å². The SMILES string of the molecule is C=CCn1c(P(=O)([O-])c2ccccc2)nc2ccccc21.[Na+]. The molecule has 0 amide bonds. The molecule has 0 N–H and O–H groups in total. The summed E-state index contributed by atoms with van der Waals surface area (Å²) in [4.78, 5) is 17.1. The van der Waals surface area contributed by atoms with Gasteiger partial charge >= 0.3 is 29.6 Å². The maximum absolute atomic E-state index is 12.8. The minimum absolute atomic E-state index is 0. The molecule has 22 heavy (non-hydrogen) atoms. The third-order valence-corrected chi connectivity index (χ3v) is 5.15. The third kappa shape index (κ3) is 2.98. The van der Waals surface area contributed by atoms with Gasteiger partial charge in [0.15, 0.2) is 5.57 Å². The van der Waals surface area contributed by atoms with Gasteiger partial charge in [-0.3, -0.25) is 0 Å². The molecule has 0 aliphatic carbocycles. The Morgan fingerprint density at radius 2 is 1.77 bits per heavy atom. The second-order valence-electron chi connectivity index (χ2n) is 4.69. The topological polar surface area (TPSA) is 58.0 Å². The molecular weight excluding hydrogens is 306 g/mol. The minimum Gasteiger partial charge on any atom is -0.790 e. The molecule has 2 aromatic carbocycles. The van der Waals surface area contributed by atoms with E-state index in [4.69, 9.17) is 0 Å². The monoisotopic (exact) mass is 320 g/mol.